The normalized spacial score (nSPS) is 22.3. The summed E-state index contributed by atoms with van der Waals surface area (Å²) in [6.07, 6.45) is 0.353. The average Bonchev–Trinajstić information content (AvgIpc) is 2.25. The number of fused-ring (bicyclic) bond motifs is 1. The lowest BCUT2D eigenvalue weighted by molar-refractivity contribution is 0.277. The molecule has 0 saturated carbocycles. The molecule has 1 aliphatic rings. The topological polar surface area (TPSA) is 57.6 Å². The number of anilines is 1. The van der Waals surface area contributed by atoms with E-state index in [1.165, 1.54) is 12.1 Å². The van der Waals surface area contributed by atoms with Gasteiger partial charge in [0.25, 0.3) is 0 Å². The summed E-state index contributed by atoms with van der Waals surface area (Å²) >= 11 is 0. The summed E-state index contributed by atoms with van der Waals surface area (Å²) in [5.74, 6) is -0.502. The Morgan fingerprint density at radius 1 is 1.53 bits per heavy atom. The summed E-state index contributed by atoms with van der Waals surface area (Å²) in [5.41, 5.74) is 0.370. The minimum atomic E-state index is -3.38. The number of hydrogen-bond acceptors (Lipinski definition) is 4. The van der Waals surface area contributed by atoms with Crippen molar-refractivity contribution in [3.63, 3.8) is 0 Å². The SMILES string of the molecule is CN1c2cc(F)ccc2S(=O)(=O)CC1CCO. The predicted molar refractivity (Wildman–Crippen MR) is 62.3 cm³/mol. The highest BCUT2D eigenvalue weighted by Gasteiger charge is 2.33. The maximum atomic E-state index is 13.2. The van der Waals surface area contributed by atoms with Gasteiger partial charge < -0.3 is 10.0 Å². The smallest absolute Gasteiger partial charge is 0.182 e. The molecule has 1 atom stereocenters. The fourth-order valence-electron chi connectivity index (χ4n) is 2.11. The van der Waals surface area contributed by atoms with Gasteiger partial charge >= 0.3 is 0 Å². The minimum Gasteiger partial charge on any atom is -0.396 e. The number of halogens is 1. The van der Waals surface area contributed by atoms with Gasteiger partial charge in [0, 0.05) is 19.7 Å². The lowest BCUT2D eigenvalue weighted by Gasteiger charge is -2.35. The molecule has 1 heterocycles. The van der Waals surface area contributed by atoms with E-state index in [0.29, 0.717) is 12.1 Å². The molecule has 94 valence electrons. The molecular formula is C11H14FNO3S. The predicted octanol–water partition coefficient (Wildman–Crippen LogP) is 0.800. The van der Waals surface area contributed by atoms with Gasteiger partial charge in [-0.05, 0) is 24.6 Å². The van der Waals surface area contributed by atoms with E-state index in [1.807, 2.05) is 0 Å². The third kappa shape index (κ3) is 2.14. The molecule has 1 N–H and O–H groups in total. The molecule has 0 bridgehead atoms. The van der Waals surface area contributed by atoms with Crippen molar-refractivity contribution in [2.24, 2.45) is 0 Å². The molecule has 0 saturated heterocycles. The zero-order valence-electron chi connectivity index (χ0n) is 9.43. The standard InChI is InChI=1S/C11H14FNO3S/c1-13-9(4-5-14)7-17(15,16)11-3-2-8(12)6-10(11)13/h2-3,6,9,14H,4-5,7H2,1H3. The van der Waals surface area contributed by atoms with E-state index in [1.54, 1.807) is 11.9 Å². The van der Waals surface area contributed by atoms with Gasteiger partial charge in [0.05, 0.1) is 16.3 Å². The Kier molecular flexibility index (Phi) is 3.09. The van der Waals surface area contributed by atoms with Crippen LogP contribution < -0.4 is 4.90 Å². The van der Waals surface area contributed by atoms with E-state index >= 15 is 0 Å². The zero-order chi connectivity index (χ0) is 12.6. The number of sulfone groups is 1. The van der Waals surface area contributed by atoms with Crippen LogP contribution in [0.4, 0.5) is 10.1 Å². The minimum absolute atomic E-state index is 0.0390. The van der Waals surface area contributed by atoms with Crippen molar-refractivity contribution in [2.45, 2.75) is 17.4 Å². The van der Waals surface area contributed by atoms with E-state index in [0.717, 1.165) is 6.07 Å². The van der Waals surface area contributed by atoms with Gasteiger partial charge in [0.15, 0.2) is 9.84 Å². The van der Waals surface area contributed by atoms with Crippen molar-refractivity contribution in [2.75, 3.05) is 24.3 Å². The number of rotatable bonds is 2. The van der Waals surface area contributed by atoms with Gasteiger partial charge in [-0.25, -0.2) is 12.8 Å². The lowest BCUT2D eigenvalue weighted by atomic mass is 10.2. The second kappa shape index (κ2) is 4.27. The largest absolute Gasteiger partial charge is 0.396 e. The number of benzene rings is 1. The van der Waals surface area contributed by atoms with Crippen molar-refractivity contribution >= 4 is 15.5 Å². The highest BCUT2D eigenvalue weighted by Crippen LogP contribution is 2.33. The van der Waals surface area contributed by atoms with Gasteiger partial charge in [0.2, 0.25) is 0 Å². The first-order chi connectivity index (χ1) is 7.95. The van der Waals surface area contributed by atoms with E-state index in [-0.39, 0.29) is 23.3 Å². The molecular weight excluding hydrogens is 245 g/mol. The first kappa shape index (κ1) is 12.3. The van der Waals surface area contributed by atoms with Crippen LogP contribution in [0, 0.1) is 5.82 Å². The van der Waals surface area contributed by atoms with Gasteiger partial charge in [-0.2, -0.15) is 0 Å². The third-order valence-electron chi connectivity index (χ3n) is 3.06. The fraction of sp³-hybridized carbons (Fsp3) is 0.455. The molecule has 1 unspecified atom stereocenters. The van der Waals surface area contributed by atoms with E-state index in [2.05, 4.69) is 0 Å². The molecule has 4 nitrogen and oxygen atoms in total. The van der Waals surface area contributed by atoms with Gasteiger partial charge in [0.1, 0.15) is 5.82 Å². The Morgan fingerprint density at radius 3 is 2.88 bits per heavy atom. The first-order valence-corrected chi connectivity index (χ1v) is 6.97. The van der Waals surface area contributed by atoms with Crippen molar-refractivity contribution in [3.8, 4) is 0 Å². The van der Waals surface area contributed by atoms with Crippen molar-refractivity contribution < 1.29 is 17.9 Å². The van der Waals surface area contributed by atoms with Gasteiger partial charge in [-0.15, -0.1) is 0 Å². The maximum absolute atomic E-state index is 13.2. The molecule has 1 aromatic carbocycles. The Morgan fingerprint density at radius 2 is 2.24 bits per heavy atom. The molecule has 0 aromatic heterocycles. The zero-order valence-corrected chi connectivity index (χ0v) is 10.2. The molecule has 0 fully saturated rings. The van der Waals surface area contributed by atoms with Crippen LogP contribution in [0.2, 0.25) is 0 Å². The second-order valence-corrected chi connectivity index (χ2v) is 6.17. The van der Waals surface area contributed by atoms with Crippen molar-refractivity contribution in [1.29, 1.82) is 0 Å². The van der Waals surface area contributed by atoms with E-state index < -0.39 is 15.7 Å². The van der Waals surface area contributed by atoms with Crippen LogP contribution in [-0.4, -0.2) is 39.0 Å². The molecule has 17 heavy (non-hydrogen) atoms. The average molecular weight is 259 g/mol. The first-order valence-electron chi connectivity index (χ1n) is 5.31. The Bertz CT molecular complexity index is 530. The van der Waals surface area contributed by atoms with Crippen LogP contribution in [0.1, 0.15) is 6.42 Å². The quantitative estimate of drug-likeness (QED) is 0.798. The molecule has 1 aliphatic heterocycles. The molecule has 0 amide bonds. The van der Waals surface area contributed by atoms with Crippen molar-refractivity contribution in [1.82, 2.24) is 0 Å². The monoisotopic (exact) mass is 259 g/mol. The summed E-state index contributed by atoms with van der Waals surface area (Å²) in [5, 5.41) is 8.91. The van der Waals surface area contributed by atoms with Crippen LogP contribution >= 0.6 is 0 Å². The van der Waals surface area contributed by atoms with Gasteiger partial charge in [-0.3, -0.25) is 0 Å². The van der Waals surface area contributed by atoms with Crippen LogP contribution in [-0.2, 0) is 9.84 Å². The second-order valence-electron chi connectivity index (χ2n) is 4.17. The van der Waals surface area contributed by atoms with Crippen LogP contribution in [0.3, 0.4) is 0 Å². The van der Waals surface area contributed by atoms with E-state index in [4.69, 9.17) is 5.11 Å². The molecule has 2 rings (SSSR count). The van der Waals surface area contributed by atoms with Crippen molar-refractivity contribution in [3.05, 3.63) is 24.0 Å². The van der Waals surface area contributed by atoms with Crippen LogP contribution in [0.25, 0.3) is 0 Å². The number of hydrogen-bond donors (Lipinski definition) is 1. The molecule has 0 radical (unpaired) electrons. The Balaban J connectivity index is 2.53. The Labute approximate surface area is 99.6 Å². The number of aliphatic hydroxyl groups is 1. The molecule has 6 heteroatoms. The summed E-state index contributed by atoms with van der Waals surface area (Å²) < 4.78 is 37.1. The van der Waals surface area contributed by atoms with Crippen LogP contribution in [0.15, 0.2) is 23.1 Å². The van der Waals surface area contributed by atoms with Crippen LogP contribution in [0.5, 0.6) is 0 Å². The van der Waals surface area contributed by atoms with Gasteiger partial charge in [-0.1, -0.05) is 0 Å². The number of nitrogens with zero attached hydrogens (tertiary/aromatic N) is 1. The third-order valence-corrected chi connectivity index (χ3v) is 4.90. The summed E-state index contributed by atoms with van der Waals surface area (Å²) in [6.45, 7) is -0.0881. The summed E-state index contributed by atoms with van der Waals surface area (Å²) in [6, 6.07) is 3.36. The maximum Gasteiger partial charge on any atom is 0.182 e. The lowest BCUT2D eigenvalue weighted by Crippen LogP contribution is -2.42. The molecule has 1 aromatic rings. The molecule has 0 spiro atoms. The number of aliphatic hydroxyl groups excluding tert-OH is 1. The van der Waals surface area contributed by atoms with E-state index in [9.17, 15) is 12.8 Å². The highest BCUT2D eigenvalue weighted by atomic mass is 32.2. The summed E-state index contributed by atoms with van der Waals surface area (Å²) in [7, 11) is -1.67. The Hall–Kier alpha value is -1.14. The molecule has 0 aliphatic carbocycles. The highest BCUT2D eigenvalue weighted by molar-refractivity contribution is 7.91. The fourth-order valence-corrected chi connectivity index (χ4v) is 3.98. The summed E-state index contributed by atoms with van der Waals surface area (Å²) in [4.78, 5) is 1.88.